The fourth-order valence-electron chi connectivity index (χ4n) is 6.40. The van der Waals surface area contributed by atoms with E-state index in [1.807, 2.05) is 34.1 Å². The smallest absolute Gasteiger partial charge is 0.407 e. The van der Waals surface area contributed by atoms with Gasteiger partial charge in [0.25, 0.3) is 0 Å². The Bertz CT molecular complexity index is 1460. The molecule has 3 heterocycles. The molecule has 0 bridgehead atoms. The van der Waals surface area contributed by atoms with Crippen molar-refractivity contribution in [1.82, 2.24) is 31.5 Å². The number of ether oxygens (including phenoxy) is 4. The Kier molecular flexibility index (Phi) is 12.7. The fraction of sp³-hybridized carbons (Fsp3) is 0.684. The van der Waals surface area contributed by atoms with Crippen molar-refractivity contribution in [3.05, 3.63) is 24.3 Å². The van der Waals surface area contributed by atoms with Crippen molar-refractivity contribution >= 4 is 46.8 Å². The first-order valence-corrected chi connectivity index (χ1v) is 18.6. The zero-order chi connectivity index (χ0) is 40.2. The Morgan fingerprint density at radius 2 is 0.741 bits per heavy atom. The highest BCUT2D eigenvalue weighted by Crippen LogP contribution is 2.33. The van der Waals surface area contributed by atoms with E-state index in [4.69, 9.17) is 29.1 Å². The second-order valence-electron chi connectivity index (χ2n) is 18.0. The van der Waals surface area contributed by atoms with Crippen LogP contribution in [0.4, 0.5) is 30.8 Å². The van der Waals surface area contributed by atoms with Gasteiger partial charge in [0.15, 0.2) is 11.6 Å². The second-order valence-corrected chi connectivity index (χ2v) is 18.0. The minimum atomic E-state index is -0.693. The van der Waals surface area contributed by atoms with Crippen molar-refractivity contribution in [1.29, 1.82) is 0 Å². The number of carbonyl (C=O) groups excluding carboxylic acids is 4. The molecule has 4 amide bonds. The van der Waals surface area contributed by atoms with Crippen molar-refractivity contribution in [2.24, 2.45) is 0 Å². The van der Waals surface area contributed by atoms with Crippen LogP contribution in [0.15, 0.2) is 24.3 Å². The molecule has 2 aliphatic rings. The lowest BCUT2D eigenvalue weighted by atomic mass is 9.99. The van der Waals surface area contributed by atoms with Gasteiger partial charge in [0, 0.05) is 37.0 Å². The van der Waals surface area contributed by atoms with Gasteiger partial charge < -0.3 is 50.0 Å². The number of anilines is 2. The van der Waals surface area contributed by atoms with Gasteiger partial charge in [-0.3, -0.25) is 0 Å². The van der Waals surface area contributed by atoms with E-state index in [-0.39, 0.29) is 0 Å². The van der Waals surface area contributed by atoms with Gasteiger partial charge in [-0.15, -0.1) is 10.2 Å². The summed E-state index contributed by atoms with van der Waals surface area (Å²) in [5, 5.41) is 22.9. The summed E-state index contributed by atoms with van der Waals surface area (Å²) in [6.45, 7) is 23.0. The van der Waals surface area contributed by atoms with Crippen LogP contribution in [-0.4, -0.2) is 107 Å². The third-order valence-electron chi connectivity index (χ3n) is 8.03. The van der Waals surface area contributed by atoms with E-state index in [2.05, 4.69) is 21.3 Å². The molecule has 0 radical (unpaired) electrons. The Morgan fingerprint density at radius 1 is 0.500 bits per heavy atom. The Morgan fingerprint density at radius 3 is 0.963 bits per heavy atom. The lowest BCUT2D eigenvalue weighted by Crippen LogP contribution is -2.58. The number of alkyl carbamates (subject to hydrolysis) is 4. The van der Waals surface area contributed by atoms with Gasteiger partial charge in [0.1, 0.15) is 22.4 Å². The zero-order valence-electron chi connectivity index (χ0n) is 33.9. The summed E-state index contributed by atoms with van der Waals surface area (Å²) in [4.78, 5) is 55.5. The van der Waals surface area contributed by atoms with Gasteiger partial charge in [0.05, 0.1) is 24.2 Å². The molecule has 16 nitrogen and oxygen atoms in total. The monoisotopic (exact) mass is 756 g/mol. The van der Waals surface area contributed by atoms with Crippen LogP contribution in [0, 0.1) is 0 Å². The van der Waals surface area contributed by atoms with Crippen LogP contribution < -0.4 is 31.1 Å². The molecule has 1 aromatic carbocycles. The highest BCUT2D eigenvalue weighted by Gasteiger charge is 2.36. The lowest BCUT2D eigenvalue weighted by Gasteiger charge is -2.40. The van der Waals surface area contributed by atoms with E-state index >= 15 is 0 Å². The third-order valence-corrected chi connectivity index (χ3v) is 8.03. The maximum absolute atomic E-state index is 12.9. The van der Waals surface area contributed by atoms with Crippen LogP contribution in [0.25, 0.3) is 10.8 Å². The molecule has 0 unspecified atom stereocenters. The second kappa shape index (κ2) is 16.3. The number of aromatic nitrogens is 2. The van der Waals surface area contributed by atoms with Crippen molar-refractivity contribution in [3.63, 3.8) is 0 Å². The Labute approximate surface area is 318 Å². The van der Waals surface area contributed by atoms with Crippen molar-refractivity contribution in [2.75, 3.05) is 36.0 Å². The molecule has 2 aliphatic heterocycles. The summed E-state index contributed by atoms with van der Waals surface area (Å²) in [5.41, 5.74) is -2.77. The first kappa shape index (κ1) is 42.0. The fourth-order valence-corrected chi connectivity index (χ4v) is 6.40. The number of piperidine rings is 2. The molecule has 4 N–H and O–H groups in total. The highest BCUT2D eigenvalue weighted by molar-refractivity contribution is 5.99. The predicted octanol–water partition coefficient (Wildman–Crippen LogP) is 5.62. The van der Waals surface area contributed by atoms with Gasteiger partial charge >= 0.3 is 24.4 Å². The van der Waals surface area contributed by atoms with Gasteiger partial charge in [-0.05, 0) is 95.9 Å². The number of rotatable bonds is 6. The Hall–Kier alpha value is -4.76. The maximum Gasteiger partial charge on any atom is 0.407 e. The Balaban J connectivity index is 1.66. The summed E-state index contributed by atoms with van der Waals surface area (Å²) in [6, 6.07) is 6.08. The number of nitrogens with zero attached hydrogens (tertiary/aromatic N) is 4. The summed E-state index contributed by atoms with van der Waals surface area (Å²) in [5.74, 6) is 1.12. The maximum atomic E-state index is 12.9. The van der Waals surface area contributed by atoms with Crippen LogP contribution in [0.2, 0.25) is 0 Å². The number of benzene rings is 1. The molecular weight excluding hydrogens is 696 g/mol. The van der Waals surface area contributed by atoms with Crippen LogP contribution in [0.3, 0.4) is 0 Å². The molecule has 0 saturated carbocycles. The standard InChI is InChI=1S/C38H60N8O8/c1-35(2,3)51-31(47)39-23-17-24(40-32(48)52-36(4,5)6)20-45(19-23)29-27-15-13-14-16-28(27)30(44-43-29)46-21-25(41-33(49)53-37(7,8)9)18-26(22-46)42-34(50)54-38(10,11)12/h13-16,23-26H,17-22H2,1-12H3,(H,39,47)(H,40,48)(H,41,49)(H,42,50)/t23-,24-,25-,26+/m0/s1. The van der Waals surface area contributed by atoms with Gasteiger partial charge in [-0.1, -0.05) is 24.3 Å². The van der Waals surface area contributed by atoms with Crippen molar-refractivity contribution < 1.29 is 38.1 Å². The summed E-state index contributed by atoms with van der Waals surface area (Å²) in [6.07, 6.45) is -1.39. The predicted molar refractivity (Wildman–Crippen MR) is 206 cm³/mol. The van der Waals surface area contributed by atoms with E-state index in [9.17, 15) is 19.2 Å². The van der Waals surface area contributed by atoms with E-state index < -0.39 is 70.9 Å². The molecular formula is C38H60N8O8. The number of carbonyl (C=O) groups is 4. The topological polar surface area (TPSA) is 186 Å². The lowest BCUT2D eigenvalue weighted by molar-refractivity contribution is 0.0452. The van der Waals surface area contributed by atoms with Gasteiger partial charge in [0.2, 0.25) is 0 Å². The summed E-state index contributed by atoms with van der Waals surface area (Å²) < 4.78 is 22.2. The number of nitrogens with one attached hydrogen (secondary N) is 4. The number of hydrogen-bond donors (Lipinski definition) is 4. The van der Waals surface area contributed by atoms with Gasteiger partial charge in [-0.2, -0.15) is 0 Å². The number of fused-ring (bicyclic) bond motifs is 1. The molecule has 16 heteroatoms. The van der Waals surface area contributed by atoms with Crippen LogP contribution in [-0.2, 0) is 18.9 Å². The normalized spacial score (nSPS) is 21.1. The summed E-state index contributed by atoms with van der Waals surface area (Å²) >= 11 is 0. The minimum Gasteiger partial charge on any atom is -0.444 e. The first-order valence-electron chi connectivity index (χ1n) is 18.6. The SMILES string of the molecule is CC(C)(C)OC(=O)N[C@@H]1C[C@H](NC(=O)OC(C)(C)C)CN(c2nnc(N3C[C@@H](NC(=O)OC(C)(C)C)C[C@H](NC(=O)OC(C)(C)C)C3)c3ccccc23)C1. The van der Waals surface area contributed by atoms with Crippen LogP contribution >= 0.6 is 0 Å². The van der Waals surface area contributed by atoms with E-state index in [1.54, 1.807) is 83.1 Å². The van der Waals surface area contributed by atoms with Gasteiger partial charge in [-0.25, -0.2) is 19.2 Å². The van der Waals surface area contributed by atoms with Crippen LogP contribution in [0.1, 0.15) is 95.9 Å². The number of amides is 4. The molecule has 2 saturated heterocycles. The molecule has 300 valence electrons. The third kappa shape index (κ3) is 13.3. The first-order chi connectivity index (χ1) is 24.8. The largest absolute Gasteiger partial charge is 0.444 e. The summed E-state index contributed by atoms with van der Waals surface area (Å²) in [7, 11) is 0. The zero-order valence-corrected chi connectivity index (χ0v) is 33.9. The highest BCUT2D eigenvalue weighted by atomic mass is 16.6. The van der Waals surface area contributed by atoms with E-state index in [1.165, 1.54) is 0 Å². The average molecular weight is 757 g/mol. The molecule has 0 spiro atoms. The van der Waals surface area contributed by atoms with Crippen molar-refractivity contribution in [3.8, 4) is 0 Å². The molecule has 4 rings (SSSR count). The molecule has 0 aliphatic carbocycles. The van der Waals surface area contributed by atoms with E-state index in [0.29, 0.717) is 50.7 Å². The van der Waals surface area contributed by atoms with Crippen molar-refractivity contribution in [2.45, 2.75) is 142 Å². The quantitative estimate of drug-likeness (QED) is 0.267. The molecule has 54 heavy (non-hydrogen) atoms. The van der Waals surface area contributed by atoms with Crippen LogP contribution in [0.5, 0.6) is 0 Å². The minimum absolute atomic E-state index is 0.372. The molecule has 2 aromatic rings. The molecule has 1 aromatic heterocycles. The molecule has 2 fully saturated rings. The molecule has 4 atom stereocenters. The number of hydrogen-bond acceptors (Lipinski definition) is 12. The van der Waals surface area contributed by atoms with E-state index in [0.717, 1.165) is 10.8 Å². The average Bonchev–Trinajstić information content (AvgIpc) is 2.96.